The van der Waals surface area contributed by atoms with Gasteiger partial charge < -0.3 is 10.5 Å². The summed E-state index contributed by atoms with van der Waals surface area (Å²) in [5, 5.41) is 18.3. The van der Waals surface area contributed by atoms with Gasteiger partial charge in [-0.05, 0) is 35.0 Å². The van der Waals surface area contributed by atoms with Gasteiger partial charge in [0, 0.05) is 23.4 Å². The van der Waals surface area contributed by atoms with Crippen LogP contribution in [0.2, 0.25) is 0 Å². The predicted molar refractivity (Wildman–Crippen MR) is 80.9 cm³/mol. The lowest BCUT2D eigenvalue weighted by Crippen LogP contribution is -2.11. The molecule has 0 aliphatic carbocycles. The quantitative estimate of drug-likeness (QED) is 0.380. The van der Waals surface area contributed by atoms with Crippen LogP contribution in [0, 0.1) is 22.4 Å². The summed E-state index contributed by atoms with van der Waals surface area (Å²) in [7, 11) is 0. The molecule has 8 heteroatoms. The molecule has 21 heavy (non-hydrogen) atoms. The van der Waals surface area contributed by atoms with Gasteiger partial charge in [0.1, 0.15) is 10.3 Å². The molecule has 0 amide bonds. The summed E-state index contributed by atoms with van der Waals surface area (Å²) in [5.41, 5.74) is 6.43. The minimum Gasteiger partial charge on any atom is -0.438 e. The minimum absolute atomic E-state index is 0.105. The fourth-order valence-corrected chi connectivity index (χ4v) is 2.17. The summed E-state index contributed by atoms with van der Waals surface area (Å²) in [6.07, 6.45) is 0. The molecule has 0 aliphatic heterocycles. The molecule has 0 unspecified atom stereocenters. The first-order valence-corrected chi connectivity index (χ1v) is 6.61. The molecule has 0 radical (unpaired) electrons. The van der Waals surface area contributed by atoms with Gasteiger partial charge in [0.2, 0.25) is 5.88 Å². The van der Waals surface area contributed by atoms with Gasteiger partial charge in [-0.15, -0.1) is 0 Å². The average molecular weight is 351 g/mol. The van der Waals surface area contributed by atoms with E-state index >= 15 is 0 Å². The van der Waals surface area contributed by atoms with Crippen LogP contribution in [-0.2, 0) is 0 Å². The number of aryl methyl sites for hydroxylation is 1. The number of hydrogen-bond acceptors (Lipinski definition) is 5. The zero-order chi connectivity index (χ0) is 15.6. The number of amidine groups is 1. The van der Waals surface area contributed by atoms with Crippen molar-refractivity contribution in [3.8, 4) is 11.6 Å². The number of nitro benzene ring substituents is 1. The summed E-state index contributed by atoms with van der Waals surface area (Å²) >= 11 is 3.14. The Labute approximate surface area is 128 Å². The lowest BCUT2D eigenvalue weighted by Gasteiger charge is -2.09. The highest BCUT2D eigenvalue weighted by Gasteiger charge is 2.17. The van der Waals surface area contributed by atoms with Crippen LogP contribution in [0.25, 0.3) is 0 Å². The maximum atomic E-state index is 10.9. The maximum Gasteiger partial charge on any atom is 0.287 e. The van der Waals surface area contributed by atoms with Crippen LogP contribution in [0.4, 0.5) is 5.69 Å². The highest BCUT2D eigenvalue weighted by molar-refractivity contribution is 9.10. The van der Waals surface area contributed by atoms with Crippen LogP contribution in [0.15, 0.2) is 34.8 Å². The van der Waals surface area contributed by atoms with E-state index in [2.05, 4.69) is 20.9 Å². The number of nitrogen functional groups attached to an aromatic ring is 1. The smallest absolute Gasteiger partial charge is 0.287 e. The molecule has 0 bridgehead atoms. The number of aromatic nitrogens is 1. The number of nitrogens with two attached hydrogens (primary N) is 1. The summed E-state index contributed by atoms with van der Waals surface area (Å²) < 4.78 is 5.78. The molecule has 1 aromatic carbocycles. The molecule has 3 N–H and O–H groups in total. The van der Waals surface area contributed by atoms with Crippen LogP contribution >= 0.6 is 15.9 Å². The molecule has 108 valence electrons. The second-order valence-corrected chi connectivity index (χ2v) is 4.99. The van der Waals surface area contributed by atoms with Gasteiger partial charge in [-0.1, -0.05) is 6.07 Å². The van der Waals surface area contributed by atoms with E-state index in [1.165, 1.54) is 18.2 Å². The van der Waals surface area contributed by atoms with E-state index in [4.69, 9.17) is 15.9 Å². The number of benzene rings is 1. The molecule has 1 aromatic heterocycles. The first kappa shape index (κ1) is 14.9. The van der Waals surface area contributed by atoms with Crippen LogP contribution < -0.4 is 10.5 Å². The molecule has 2 aromatic rings. The van der Waals surface area contributed by atoms with Gasteiger partial charge in [0.15, 0.2) is 5.75 Å². The van der Waals surface area contributed by atoms with Gasteiger partial charge in [-0.25, -0.2) is 4.98 Å². The Morgan fingerprint density at radius 3 is 2.81 bits per heavy atom. The number of ether oxygens (including phenoxy) is 1. The van der Waals surface area contributed by atoms with E-state index in [0.717, 1.165) is 0 Å². The molecular formula is C13H11BrN4O3. The van der Waals surface area contributed by atoms with Crippen molar-refractivity contribution in [1.29, 1.82) is 5.41 Å². The van der Waals surface area contributed by atoms with Crippen molar-refractivity contribution in [3.63, 3.8) is 0 Å². The van der Waals surface area contributed by atoms with Crippen molar-refractivity contribution in [2.75, 3.05) is 0 Å². The van der Waals surface area contributed by atoms with Gasteiger partial charge in [-0.3, -0.25) is 15.5 Å². The lowest BCUT2D eigenvalue weighted by molar-refractivity contribution is -0.385. The number of halogens is 1. The third-order valence-corrected chi connectivity index (χ3v) is 3.39. The monoisotopic (exact) mass is 350 g/mol. The molecule has 1 heterocycles. The number of nitrogens with one attached hydrogen (secondary N) is 1. The third kappa shape index (κ3) is 3.34. The first-order valence-electron chi connectivity index (χ1n) is 5.82. The molecule has 7 nitrogen and oxygen atoms in total. The van der Waals surface area contributed by atoms with E-state index in [9.17, 15) is 10.1 Å². The van der Waals surface area contributed by atoms with E-state index in [-0.39, 0.29) is 27.6 Å². The highest BCUT2D eigenvalue weighted by Crippen LogP contribution is 2.36. The van der Waals surface area contributed by atoms with Crippen molar-refractivity contribution >= 4 is 27.5 Å². The van der Waals surface area contributed by atoms with Gasteiger partial charge in [-0.2, -0.15) is 0 Å². The number of nitro groups is 1. The van der Waals surface area contributed by atoms with Gasteiger partial charge in [0.05, 0.1) is 4.92 Å². The molecule has 0 atom stereocenters. The van der Waals surface area contributed by atoms with E-state index in [1.54, 1.807) is 19.1 Å². The van der Waals surface area contributed by atoms with Crippen LogP contribution in [0.1, 0.15) is 11.3 Å². The highest BCUT2D eigenvalue weighted by atomic mass is 79.9. The summed E-state index contributed by atoms with van der Waals surface area (Å²) in [6.45, 7) is 1.74. The van der Waals surface area contributed by atoms with Crippen LogP contribution in [0.5, 0.6) is 11.6 Å². The van der Waals surface area contributed by atoms with Crippen molar-refractivity contribution < 1.29 is 9.66 Å². The predicted octanol–water partition coefficient (Wildman–Crippen LogP) is 3.14. The average Bonchev–Trinajstić information content (AvgIpc) is 2.40. The summed E-state index contributed by atoms with van der Waals surface area (Å²) in [4.78, 5) is 14.5. The Balaban J connectivity index is 2.41. The van der Waals surface area contributed by atoms with E-state index in [1.807, 2.05) is 0 Å². The Kier molecular flexibility index (Phi) is 4.18. The normalized spacial score (nSPS) is 10.2. The SMILES string of the molecule is Cc1cc(C(=N)N)cc(Oc2cccc([N+](=O)[O-])c2Br)n1. The molecular weight excluding hydrogens is 340 g/mol. The fourth-order valence-electron chi connectivity index (χ4n) is 1.68. The molecule has 0 fully saturated rings. The Hall–Kier alpha value is -2.48. The number of hydrogen-bond donors (Lipinski definition) is 2. The fraction of sp³-hybridized carbons (Fsp3) is 0.0769. The second kappa shape index (κ2) is 5.88. The standard InChI is InChI=1S/C13H11BrN4O3/c1-7-5-8(13(15)16)6-11(17-7)21-10-4-2-3-9(12(10)14)18(19)20/h2-6H,1H3,(H3,15,16). The van der Waals surface area contributed by atoms with Crippen LogP contribution in [-0.4, -0.2) is 15.7 Å². The first-order chi connectivity index (χ1) is 9.88. The Bertz CT molecular complexity index is 733. The zero-order valence-electron chi connectivity index (χ0n) is 11.0. The lowest BCUT2D eigenvalue weighted by atomic mass is 10.2. The molecule has 0 aliphatic rings. The topological polar surface area (TPSA) is 115 Å². The Morgan fingerprint density at radius 2 is 2.19 bits per heavy atom. The van der Waals surface area contributed by atoms with Crippen molar-refractivity contribution in [2.24, 2.45) is 5.73 Å². The van der Waals surface area contributed by atoms with Crippen LogP contribution in [0.3, 0.4) is 0 Å². The van der Waals surface area contributed by atoms with E-state index in [0.29, 0.717) is 11.3 Å². The van der Waals surface area contributed by atoms with E-state index < -0.39 is 4.92 Å². The number of pyridine rings is 1. The minimum atomic E-state index is -0.512. The maximum absolute atomic E-state index is 10.9. The van der Waals surface area contributed by atoms with Crippen molar-refractivity contribution in [2.45, 2.75) is 6.92 Å². The Morgan fingerprint density at radius 1 is 1.48 bits per heavy atom. The van der Waals surface area contributed by atoms with Gasteiger partial charge >= 0.3 is 0 Å². The third-order valence-electron chi connectivity index (χ3n) is 2.60. The molecule has 0 saturated carbocycles. The van der Waals surface area contributed by atoms with Gasteiger partial charge in [0.25, 0.3) is 5.69 Å². The van der Waals surface area contributed by atoms with Crippen molar-refractivity contribution in [3.05, 3.63) is 56.2 Å². The molecule has 0 spiro atoms. The largest absolute Gasteiger partial charge is 0.438 e. The molecule has 0 saturated heterocycles. The number of nitrogens with zero attached hydrogens (tertiary/aromatic N) is 2. The summed E-state index contributed by atoms with van der Waals surface area (Å²) in [6, 6.07) is 7.61. The summed E-state index contributed by atoms with van der Waals surface area (Å²) in [5.74, 6) is 0.363. The zero-order valence-corrected chi connectivity index (χ0v) is 12.5. The molecule has 2 rings (SSSR count). The second-order valence-electron chi connectivity index (χ2n) is 4.20. The number of rotatable bonds is 4. The van der Waals surface area contributed by atoms with Crippen molar-refractivity contribution in [1.82, 2.24) is 4.98 Å².